The van der Waals surface area contributed by atoms with Gasteiger partial charge >= 0.3 is 0 Å². The molecule has 0 bridgehead atoms. The number of aromatic nitrogens is 1. The van der Waals surface area contributed by atoms with E-state index in [2.05, 4.69) is 4.98 Å². The molecule has 5 heteroatoms. The fraction of sp³-hybridized carbons (Fsp3) is 0.0714. The Hall–Kier alpha value is -2.56. The van der Waals surface area contributed by atoms with Crippen molar-refractivity contribution in [1.29, 1.82) is 0 Å². The molecule has 4 nitrogen and oxygen atoms in total. The normalized spacial score (nSPS) is 13.1. The molecule has 1 aromatic heterocycles. The zero-order chi connectivity index (χ0) is 12.8. The number of hydrogen-bond acceptors (Lipinski definition) is 4. The van der Waals surface area contributed by atoms with Crippen LogP contribution >= 0.6 is 0 Å². The molecule has 1 aliphatic rings. The van der Waals surface area contributed by atoms with Gasteiger partial charge in [0.1, 0.15) is 11.3 Å². The van der Waals surface area contributed by atoms with Crippen molar-refractivity contribution in [3.05, 3.63) is 42.2 Å². The predicted molar refractivity (Wildman–Crippen MR) is 65.5 cm³/mol. The van der Waals surface area contributed by atoms with E-state index in [0.29, 0.717) is 28.5 Å². The lowest BCUT2D eigenvalue weighted by Gasteiger charge is -1.98. The zero-order valence-corrected chi connectivity index (χ0v) is 9.72. The number of fused-ring (bicyclic) bond motifs is 2. The Bertz CT molecular complexity index is 781. The number of ether oxygens (including phenoxy) is 2. The van der Waals surface area contributed by atoms with Gasteiger partial charge < -0.3 is 13.9 Å². The van der Waals surface area contributed by atoms with Crippen LogP contribution in [-0.4, -0.2) is 11.8 Å². The maximum absolute atomic E-state index is 13.1. The molecule has 0 amide bonds. The fourth-order valence-electron chi connectivity index (χ4n) is 2.05. The number of oxazole rings is 1. The Kier molecular flexibility index (Phi) is 2.03. The summed E-state index contributed by atoms with van der Waals surface area (Å²) in [5.41, 5.74) is 1.81. The van der Waals surface area contributed by atoms with E-state index < -0.39 is 0 Å². The molecule has 0 atom stereocenters. The van der Waals surface area contributed by atoms with E-state index >= 15 is 0 Å². The molecule has 0 spiro atoms. The molecule has 0 saturated carbocycles. The predicted octanol–water partition coefficient (Wildman–Crippen LogP) is 3.36. The minimum atomic E-state index is -0.335. The summed E-state index contributed by atoms with van der Waals surface area (Å²) in [6.07, 6.45) is 0. The highest BCUT2D eigenvalue weighted by molar-refractivity contribution is 5.76. The summed E-state index contributed by atoms with van der Waals surface area (Å²) in [5, 5.41) is 0. The van der Waals surface area contributed by atoms with Crippen molar-refractivity contribution in [3.63, 3.8) is 0 Å². The van der Waals surface area contributed by atoms with Crippen LogP contribution in [0.1, 0.15) is 0 Å². The average Bonchev–Trinajstić information content (AvgIpc) is 3.02. The molecule has 0 saturated heterocycles. The summed E-state index contributed by atoms with van der Waals surface area (Å²) < 4.78 is 29.2. The largest absolute Gasteiger partial charge is 0.454 e. The third-order valence-corrected chi connectivity index (χ3v) is 2.97. The van der Waals surface area contributed by atoms with Gasteiger partial charge in [0.25, 0.3) is 0 Å². The first kappa shape index (κ1) is 10.4. The van der Waals surface area contributed by atoms with Crippen LogP contribution < -0.4 is 9.47 Å². The van der Waals surface area contributed by atoms with Gasteiger partial charge in [0.05, 0.1) is 0 Å². The van der Waals surface area contributed by atoms with E-state index in [1.54, 1.807) is 18.2 Å². The van der Waals surface area contributed by atoms with Crippen LogP contribution in [-0.2, 0) is 0 Å². The number of benzene rings is 2. The van der Waals surface area contributed by atoms with Crippen molar-refractivity contribution < 1.29 is 18.3 Å². The quantitative estimate of drug-likeness (QED) is 0.670. The van der Waals surface area contributed by atoms with Gasteiger partial charge in [0.15, 0.2) is 17.1 Å². The zero-order valence-electron chi connectivity index (χ0n) is 9.72. The molecular formula is C14H8FNO3. The van der Waals surface area contributed by atoms with Crippen LogP contribution in [0.3, 0.4) is 0 Å². The van der Waals surface area contributed by atoms with E-state index in [9.17, 15) is 4.39 Å². The van der Waals surface area contributed by atoms with E-state index in [1.165, 1.54) is 12.1 Å². The monoisotopic (exact) mass is 257 g/mol. The van der Waals surface area contributed by atoms with Crippen LogP contribution in [0.5, 0.6) is 11.5 Å². The van der Waals surface area contributed by atoms with Gasteiger partial charge in [-0.3, -0.25) is 0 Å². The molecule has 0 unspecified atom stereocenters. The second-order valence-corrected chi connectivity index (χ2v) is 4.20. The topological polar surface area (TPSA) is 44.5 Å². The number of halogens is 1. The summed E-state index contributed by atoms with van der Waals surface area (Å²) in [4.78, 5) is 4.27. The van der Waals surface area contributed by atoms with Gasteiger partial charge in [-0.05, 0) is 30.3 Å². The first-order chi connectivity index (χ1) is 9.29. The lowest BCUT2D eigenvalue weighted by molar-refractivity contribution is 0.174. The molecule has 2 aromatic carbocycles. The molecule has 2 heterocycles. The lowest BCUT2D eigenvalue weighted by atomic mass is 10.2. The number of hydrogen-bond donors (Lipinski definition) is 0. The molecule has 1 aliphatic heterocycles. The van der Waals surface area contributed by atoms with Gasteiger partial charge in [0, 0.05) is 11.6 Å². The smallest absolute Gasteiger partial charge is 0.231 e. The van der Waals surface area contributed by atoms with E-state index in [-0.39, 0.29) is 12.6 Å². The van der Waals surface area contributed by atoms with Crippen LogP contribution in [0, 0.1) is 5.82 Å². The van der Waals surface area contributed by atoms with Gasteiger partial charge in [-0.25, -0.2) is 9.37 Å². The van der Waals surface area contributed by atoms with Crippen LogP contribution in [0.15, 0.2) is 40.8 Å². The lowest BCUT2D eigenvalue weighted by Crippen LogP contribution is -1.92. The van der Waals surface area contributed by atoms with Gasteiger partial charge in [-0.2, -0.15) is 0 Å². The van der Waals surface area contributed by atoms with Crippen molar-refractivity contribution in [2.45, 2.75) is 0 Å². The van der Waals surface area contributed by atoms with Crippen LogP contribution in [0.4, 0.5) is 4.39 Å². The summed E-state index contributed by atoms with van der Waals surface area (Å²) in [6.45, 7) is 0.220. The Morgan fingerprint density at radius 1 is 1.00 bits per heavy atom. The molecule has 0 aliphatic carbocycles. The highest BCUT2D eigenvalue weighted by Crippen LogP contribution is 2.36. The minimum absolute atomic E-state index is 0.220. The third kappa shape index (κ3) is 1.62. The molecule has 0 N–H and O–H groups in total. The van der Waals surface area contributed by atoms with Gasteiger partial charge in [0.2, 0.25) is 12.7 Å². The molecule has 4 rings (SSSR count). The first-order valence-electron chi connectivity index (χ1n) is 5.76. The number of rotatable bonds is 1. The van der Waals surface area contributed by atoms with Crippen molar-refractivity contribution in [1.82, 2.24) is 4.98 Å². The van der Waals surface area contributed by atoms with E-state index in [1.807, 2.05) is 6.07 Å². The summed E-state index contributed by atoms with van der Waals surface area (Å²) >= 11 is 0. The maximum atomic E-state index is 13.1. The van der Waals surface area contributed by atoms with Gasteiger partial charge in [-0.1, -0.05) is 0 Å². The third-order valence-electron chi connectivity index (χ3n) is 2.97. The number of nitrogens with zero attached hydrogens (tertiary/aromatic N) is 1. The van der Waals surface area contributed by atoms with Crippen molar-refractivity contribution in [2.75, 3.05) is 6.79 Å². The Labute approximate surface area is 107 Å². The maximum Gasteiger partial charge on any atom is 0.231 e. The Balaban J connectivity index is 1.85. The van der Waals surface area contributed by atoms with Crippen molar-refractivity contribution >= 4 is 11.1 Å². The molecule has 0 fully saturated rings. The highest BCUT2D eigenvalue weighted by Gasteiger charge is 2.16. The van der Waals surface area contributed by atoms with E-state index in [4.69, 9.17) is 13.9 Å². The Morgan fingerprint density at radius 2 is 1.89 bits per heavy atom. The van der Waals surface area contributed by atoms with Crippen molar-refractivity contribution in [3.8, 4) is 23.0 Å². The summed E-state index contributed by atoms with van der Waals surface area (Å²) in [5.74, 6) is 1.45. The molecule has 0 radical (unpaired) electrons. The molecular weight excluding hydrogens is 249 g/mol. The van der Waals surface area contributed by atoms with Crippen molar-refractivity contribution in [2.24, 2.45) is 0 Å². The fourth-order valence-corrected chi connectivity index (χ4v) is 2.05. The SMILES string of the molecule is Fc1ccc2oc(-c3ccc4c(c3)OCO4)nc2c1. The molecule has 94 valence electrons. The molecule has 19 heavy (non-hydrogen) atoms. The second kappa shape index (κ2) is 3.71. The van der Waals surface area contributed by atoms with Gasteiger partial charge in [-0.15, -0.1) is 0 Å². The summed E-state index contributed by atoms with van der Waals surface area (Å²) in [7, 11) is 0. The van der Waals surface area contributed by atoms with Crippen LogP contribution in [0.2, 0.25) is 0 Å². The standard InChI is InChI=1S/C14H8FNO3/c15-9-2-4-11-10(6-9)16-14(19-11)8-1-3-12-13(5-8)18-7-17-12/h1-6H,7H2. The summed E-state index contributed by atoms with van der Waals surface area (Å²) in [6, 6.07) is 9.67. The minimum Gasteiger partial charge on any atom is -0.454 e. The average molecular weight is 257 g/mol. The second-order valence-electron chi connectivity index (χ2n) is 4.20. The Morgan fingerprint density at radius 3 is 2.84 bits per heavy atom. The van der Waals surface area contributed by atoms with E-state index in [0.717, 1.165) is 5.56 Å². The highest BCUT2D eigenvalue weighted by atomic mass is 19.1. The first-order valence-corrected chi connectivity index (χ1v) is 5.76. The van der Waals surface area contributed by atoms with Crippen LogP contribution in [0.25, 0.3) is 22.6 Å². The molecule has 3 aromatic rings.